The van der Waals surface area contributed by atoms with Gasteiger partial charge >= 0.3 is 0 Å². The van der Waals surface area contributed by atoms with Gasteiger partial charge in [0, 0.05) is 23.6 Å². The molecule has 0 saturated carbocycles. The summed E-state index contributed by atoms with van der Waals surface area (Å²) in [7, 11) is 0. The summed E-state index contributed by atoms with van der Waals surface area (Å²) in [4.78, 5) is 11.9. The minimum atomic E-state index is -0.184. The number of carbonyl (C=O) groups is 1. The van der Waals surface area contributed by atoms with Crippen molar-refractivity contribution in [1.82, 2.24) is 5.32 Å². The van der Waals surface area contributed by atoms with E-state index < -0.39 is 0 Å². The fraction of sp³-hybridized carbons (Fsp3) is 0.462. The largest absolute Gasteiger partial charge is 0.508 e. The minimum Gasteiger partial charge on any atom is -0.508 e. The summed E-state index contributed by atoms with van der Waals surface area (Å²) in [6.07, 6.45) is 0. The van der Waals surface area contributed by atoms with E-state index in [0.29, 0.717) is 23.6 Å². The highest BCUT2D eigenvalue weighted by Crippen LogP contribution is 2.20. The molecule has 0 spiro atoms. The van der Waals surface area contributed by atoms with Gasteiger partial charge in [-0.15, -0.1) is 11.6 Å². The zero-order chi connectivity index (χ0) is 13.1. The molecule has 1 rings (SSSR count). The molecule has 0 aliphatic heterocycles. The van der Waals surface area contributed by atoms with Crippen LogP contribution in [0, 0.1) is 12.3 Å². The quantitative estimate of drug-likeness (QED) is 0.813. The maximum absolute atomic E-state index is 11.9. The summed E-state index contributed by atoms with van der Waals surface area (Å²) >= 11 is 5.79. The van der Waals surface area contributed by atoms with Gasteiger partial charge in [0.2, 0.25) is 0 Å². The highest BCUT2D eigenvalue weighted by atomic mass is 35.5. The second-order valence-corrected chi connectivity index (χ2v) is 5.20. The van der Waals surface area contributed by atoms with Gasteiger partial charge in [-0.2, -0.15) is 0 Å². The molecular weight excluding hydrogens is 238 g/mol. The molecule has 0 radical (unpaired) electrons. The van der Waals surface area contributed by atoms with Crippen LogP contribution in [0.5, 0.6) is 5.75 Å². The molecule has 1 aromatic carbocycles. The lowest BCUT2D eigenvalue weighted by molar-refractivity contribution is 0.0939. The second-order valence-electron chi connectivity index (χ2n) is 4.93. The van der Waals surface area contributed by atoms with E-state index in [4.69, 9.17) is 11.6 Å². The number of carbonyl (C=O) groups excluding carboxylic acids is 1. The van der Waals surface area contributed by atoms with Crippen molar-refractivity contribution in [2.45, 2.75) is 20.8 Å². The molecule has 94 valence electrons. The zero-order valence-electron chi connectivity index (χ0n) is 10.4. The van der Waals surface area contributed by atoms with E-state index in [2.05, 4.69) is 5.32 Å². The lowest BCUT2D eigenvalue weighted by atomic mass is 9.96. The molecule has 4 heteroatoms. The maximum Gasteiger partial charge on any atom is 0.251 e. The van der Waals surface area contributed by atoms with Crippen molar-refractivity contribution in [3.05, 3.63) is 29.3 Å². The van der Waals surface area contributed by atoms with Crippen LogP contribution < -0.4 is 5.32 Å². The number of rotatable bonds is 4. The molecule has 0 aliphatic carbocycles. The number of hydrogen-bond donors (Lipinski definition) is 2. The molecule has 17 heavy (non-hydrogen) atoms. The zero-order valence-corrected chi connectivity index (χ0v) is 11.1. The van der Waals surface area contributed by atoms with Gasteiger partial charge in [0.1, 0.15) is 5.75 Å². The molecule has 0 atom stereocenters. The molecule has 0 unspecified atom stereocenters. The lowest BCUT2D eigenvalue weighted by Gasteiger charge is -2.21. The Balaban J connectivity index is 2.74. The van der Waals surface area contributed by atoms with Gasteiger partial charge in [0.05, 0.1) is 0 Å². The van der Waals surface area contributed by atoms with Crippen LogP contribution >= 0.6 is 11.6 Å². The van der Waals surface area contributed by atoms with Crippen molar-refractivity contribution >= 4 is 17.5 Å². The Hall–Kier alpha value is -1.22. The smallest absolute Gasteiger partial charge is 0.251 e. The number of benzene rings is 1. The van der Waals surface area contributed by atoms with Crippen LogP contribution in [0.25, 0.3) is 0 Å². The number of halogens is 1. The predicted molar refractivity (Wildman–Crippen MR) is 69.7 cm³/mol. The summed E-state index contributed by atoms with van der Waals surface area (Å²) in [6.45, 7) is 6.19. The van der Waals surface area contributed by atoms with Gasteiger partial charge in [0.15, 0.2) is 0 Å². The first-order chi connectivity index (χ1) is 7.87. The van der Waals surface area contributed by atoms with E-state index in [1.807, 2.05) is 13.8 Å². The standard InChI is InChI=1S/C13H18ClNO2/c1-9-10(5-4-6-11(9)16)12(17)15-8-13(2,3)7-14/h4-6,16H,7-8H2,1-3H3,(H,15,17). The fourth-order valence-electron chi connectivity index (χ4n) is 1.33. The predicted octanol–water partition coefficient (Wildman–Crippen LogP) is 2.70. The molecule has 0 fully saturated rings. The Morgan fingerprint density at radius 3 is 2.71 bits per heavy atom. The van der Waals surface area contributed by atoms with Crippen molar-refractivity contribution in [2.24, 2.45) is 5.41 Å². The molecule has 2 N–H and O–H groups in total. The van der Waals surface area contributed by atoms with Gasteiger partial charge < -0.3 is 10.4 Å². The summed E-state index contributed by atoms with van der Waals surface area (Å²) in [5.74, 6) is 0.428. The Morgan fingerprint density at radius 1 is 1.47 bits per heavy atom. The Kier molecular flexibility index (Phi) is 4.40. The van der Waals surface area contributed by atoms with Crippen LogP contribution in [0.1, 0.15) is 29.8 Å². The van der Waals surface area contributed by atoms with Gasteiger partial charge in [-0.05, 0) is 24.5 Å². The van der Waals surface area contributed by atoms with E-state index in [-0.39, 0.29) is 17.1 Å². The number of nitrogens with one attached hydrogen (secondary N) is 1. The van der Waals surface area contributed by atoms with Crippen molar-refractivity contribution < 1.29 is 9.90 Å². The summed E-state index contributed by atoms with van der Waals surface area (Å²) in [5, 5.41) is 12.3. The number of phenolic OH excluding ortho intramolecular Hbond substituents is 1. The molecule has 0 saturated heterocycles. The van der Waals surface area contributed by atoms with Crippen LogP contribution in [-0.4, -0.2) is 23.4 Å². The van der Waals surface area contributed by atoms with Crippen molar-refractivity contribution in [3.63, 3.8) is 0 Å². The average molecular weight is 256 g/mol. The molecular formula is C13H18ClNO2. The summed E-state index contributed by atoms with van der Waals surface area (Å²) < 4.78 is 0. The van der Waals surface area contributed by atoms with Crippen LogP contribution in [0.15, 0.2) is 18.2 Å². The van der Waals surface area contributed by atoms with E-state index in [0.717, 1.165) is 0 Å². The topological polar surface area (TPSA) is 49.3 Å². The molecule has 0 bridgehead atoms. The molecule has 3 nitrogen and oxygen atoms in total. The molecule has 0 aliphatic rings. The maximum atomic E-state index is 11.9. The fourth-order valence-corrected chi connectivity index (χ4v) is 1.43. The van der Waals surface area contributed by atoms with Gasteiger partial charge in [-0.1, -0.05) is 19.9 Å². The SMILES string of the molecule is Cc1c(O)cccc1C(=O)NCC(C)(C)CCl. The van der Waals surface area contributed by atoms with E-state index in [1.54, 1.807) is 25.1 Å². The third-order valence-electron chi connectivity index (χ3n) is 2.64. The highest BCUT2D eigenvalue weighted by molar-refractivity contribution is 6.18. The van der Waals surface area contributed by atoms with Crippen LogP contribution in [0.3, 0.4) is 0 Å². The van der Waals surface area contributed by atoms with Crippen LogP contribution in [-0.2, 0) is 0 Å². The third kappa shape index (κ3) is 3.63. The first-order valence-electron chi connectivity index (χ1n) is 5.50. The Labute approximate surface area is 107 Å². The van der Waals surface area contributed by atoms with Crippen LogP contribution in [0.2, 0.25) is 0 Å². The first kappa shape index (κ1) is 13.8. The Bertz CT molecular complexity index is 416. The molecule has 0 aromatic heterocycles. The van der Waals surface area contributed by atoms with Crippen molar-refractivity contribution in [2.75, 3.05) is 12.4 Å². The summed E-state index contributed by atoms with van der Waals surface area (Å²) in [5.41, 5.74) is 0.950. The minimum absolute atomic E-state index is 0.134. The second kappa shape index (κ2) is 5.41. The monoisotopic (exact) mass is 255 g/mol. The number of phenols is 1. The third-order valence-corrected chi connectivity index (χ3v) is 3.36. The van der Waals surface area contributed by atoms with Gasteiger partial charge in [0.25, 0.3) is 5.91 Å². The number of aromatic hydroxyl groups is 1. The van der Waals surface area contributed by atoms with Gasteiger partial charge in [-0.25, -0.2) is 0 Å². The summed E-state index contributed by atoms with van der Waals surface area (Å²) in [6, 6.07) is 4.91. The van der Waals surface area contributed by atoms with Crippen LogP contribution in [0.4, 0.5) is 0 Å². The number of hydrogen-bond acceptors (Lipinski definition) is 2. The van der Waals surface area contributed by atoms with E-state index in [9.17, 15) is 9.90 Å². The Morgan fingerprint density at radius 2 is 2.12 bits per heavy atom. The highest BCUT2D eigenvalue weighted by Gasteiger charge is 2.19. The average Bonchev–Trinajstić information content (AvgIpc) is 2.30. The van der Waals surface area contributed by atoms with Gasteiger partial charge in [-0.3, -0.25) is 4.79 Å². The number of amides is 1. The molecule has 1 amide bonds. The van der Waals surface area contributed by atoms with Crippen molar-refractivity contribution in [3.8, 4) is 5.75 Å². The number of alkyl halides is 1. The van der Waals surface area contributed by atoms with Crippen molar-refractivity contribution in [1.29, 1.82) is 0 Å². The van der Waals surface area contributed by atoms with E-state index >= 15 is 0 Å². The first-order valence-corrected chi connectivity index (χ1v) is 6.03. The van der Waals surface area contributed by atoms with E-state index in [1.165, 1.54) is 0 Å². The lowest BCUT2D eigenvalue weighted by Crippen LogP contribution is -2.35. The normalized spacial score (nSPS) is 11.3. The molecule has 0 heterocycles. The molecule has 1 aromatic rings.